The first-order valence-corrected chi connectivity index (χ1v) is 11.7. The van der Waals surface area contributed by atoms with E-state index in [1.807, 2.05) is 27.7 Å². The van der Waals surface area contributed by atoms with Crippen LogP contribution in [0.3, 0.4) is 0 Å². The quantitative estimate of drug-likeness (QED) is 0.682. The normalized spacial score (nSPS) is 25.1. The number of amidine groups is 1. The topological polar surface area (TPSA) is 66.3 Å². The van der Waals surface area contributed by atoms with Crippen molar-refractivity contribution in [1.29, 1.82) is 0 Å². The van der Waals surface area contributed by atoms with Crippen LogP contribution in [0.5, 0.6) is 0 Å². The number of ether oxygens (including phenoxy) is 1. The molecule has 6 nitrogen and oxygen atoms in total. The fraction of sp³-hybridized carbons (Fsp3) is 0.542. The van der Waals surface area contributed by atoms with Gasteiger partial charge in [-0.05, 0) is 60.5 Å². The molecule has 1 aliphatic carbocycles. The fourth-order valence-electron chi connectivity index (χ4n) is 4.32. The van der Waals surface area contributed by atoms with Gasteiger partial charge in [-0.1, -0.05) is 23.8 Å². The summed E-state index contributed by atoms with van der Waals surface area (Å²) >= 11 is 1.78. The predicted octanol–water partition coefficient (Wildman–Crippen LogP) is 4.86. The number of aliphatic imine (C=N–C) groups is 1. The molecule has 0 amide bonds. The molecule has 0 spiro atoms. The van der Waals surface area contributed by atoms with Gasteiger partial charge in [0.05, 0.1) is 12.1 Å². The van der Waals surface area contributed by atoms with Crippen LogP contribution in [0.25, 0.3) is 0 Å². The molecule has 0 saturated carbocycles. The lowest BCUT2D eigenvalue weighted by molar-refractivity contribution is -0.155. The molecule has 1 aromatic rings. The molecule has 1 N–H and O–H groups in total. The molecule has 0 radical (unpaired) electrons. The van der Waals surface area contributed by atoms with Crippen molar-refractivity contribution in [2.24, 2.45) is 16.0 Å². The first-order valence-electron chi connectivity index (χ1n) is 10.9. The summed E-state index contributed by atoms with van der Waals surface area (Å²) in [6, 6.07) is -0.300. The minimum atomic E-state index is -0.524. The summed E-state index contributed by atoms with van der Waals surface area (Å²) in [5.74, 6) is 0.849. The highest BCUT2D eigenvalue weighted by atomic mass is 32.1. The van der Waals surface area contributed by atoms with E-state index in [4.69, 9.17) is 9.73 Å². The second kappa shape index (κ2) is 7.93. The molecule has 31 heavy (non-hydrogen) atoms. The van der Waals surface area contributed by atoms with E-state index >= 15 is 0 Å². The molecule has 166 valence electrons. The largest absolute Gasteiger partial charge is 0.460 e. The zero-order valence-corrected chi connectivity index (χ0v) is 20.3. The highest BCUT2D eigenvalue weighted by molar-refractivity contribution is 7.17. The molecule has 2 aliphatic heterocycles. The zero-order valence-electron chi connectivity index (χ0n) is 19.4. The van der Waals surface area contributed by atoms with Gasteiger partial charge >= 0.3 is 5.97 Å². The molecule has 3 atom stereocenters. The van der Waals surface area contributed by atoms with Gasteiger partial charge in [0.1, 0.15) is 28.6 Å². The number of hydrazone groups is 1. The summed E-state index contributed by atoms with van der Waals surface area (Å²) in [5.41, 5.74) is 7.51. The standard InChI is InChI=1S/C24H32N4O2S/c1-13-8-10-17(11-9-13)21-20-14(2)15(3)31-23(20)28-16(4)26-27-22(28)18(25-21)12-19(29)30-24(5,6)7/h8-10,17-18,22,27H,11-12H2,1-7H3/t17?,18-,22?/m0/s1. The molecule has 1 aromatic heterocycles. The van der Waals surface area contributed by atoms with Gasteiger partial charge in [-0.25, -0.2) is 0 Å². The monoisotopic (exact) mass is 440 g/mol. The lowest BCUT2D eigenvalue weighted by atomic mass is 9.88. The molecule has 0 fully saturated rings. The van der Waals surface area contributed by atoms with Crippen molar-refractivity contribution < 1.29 is 9.53 Å². The summed E-state index contributed by atoms with van der Waals surface area (Å²) in [5, 5.41) is 5.66. The van der Waals surface area contributed by atoms with E-state index in [2.05, 4.69) is 54.4 Å². The number of anilines is 1. The van der Waals surface area contributed by atoms with Gasteiger partial charge < -0.3 is 4.74 Å². The maximum Gasteiger partial charge on any atom is 0.308 e. The lowest BCUT2D eigenvalue weighted by Crippen LogP contribution is -2.47. The van der Waals surface area contributed by atoms with E-state index in [1.165, 1.54) is 21.6 Å². The molecular weight excluding hydrogens is 408 g/mol. The van der Waals surface area contributed by atoms with Crippen LogP contribution in [-0.4, -0.2) is 35.3 Å². The number of nitrogens with zero attached hydrogens (tertiary/aromatic N) is 3. The Labute approximate surface area is 188 Å². The van der Waals surface area contributed by atoms with Crippen LogP contribution in [-0.2, 0) is 9.53 Å². The van der Waals surface area contributed by atoms with Crippen LogP contribution in [0.15, 0.2) is 33.9 Å². The first kappa shape index (κ1) is 21.8. The number of carbonyl (C=O) groups excluding carboxylic acids is 1. The molecule has 7 heteroatoms. The van der Waals surface area contributed by atoms with Crippen LogP contribution in [0, 0.1) is 19.8 Å². The number of nitrogens with one attached hydrogen (secondary N) is 1. The van der Waals surface area contributed by atoms with Crippen molar-refractivity contribution in [3.63, 3.8) is 0 Å². The van der Waals surface area contributed by atoms with E-state index in [0.717, 1.165) is 23.0 Å². The van der Waals surface area contributed by atoms with E-state index in [1.54, 1.807) is 11.3 Å². The number of hydrogen-bond acceptors (Lipinski definition) is 7. The Kier molecular flexibility index (Phi) is 5.58. The SMILES string of the molecule is CC1=CCC(C2=N[C@@H](CC(=O)OC(C)(C)C)C3NN=C(C)N3c3sc(C)c(C)c32)C=C1. The number of fused-ring (bicyclic) bond motifs is 3. The second-order valence-electron chi connectivity index (χ2n) is 9.59. The molecule has 0 saturated heterocycles. The number of aryl methyl sites for hydroxylation is 1. The Morgan fingerprint density at radius 2 is 2.03 bits per heavy atom. The van der Waals surface area contributed by atoms with E-state index in [0.29, 0.717) is 0 Å². The molecule has 0 bridgehead atoms. The van der Waals surface area contributed by atoms with Crippen molar-refractivity contribution in [2.75, 3.05) is 4.90 Å². The highest BCUT2D eigenvalue weighted by Crippen LogP contribution is 2.43. The summed E-state index contributed by atoms with van der Waals surface area (Å²) in [4.78, 5) is 21.5. The van der Waals surface area contributed by atoms with E-state index < -0.39 is 5.60 Å². The molecule has 4 rings (SSSR count). The maximum atomic E-state index is 12.8. The molecule has 3 heterocycles. The molecule has 0 aromatic carbocycles. The van der Waals surface area contributed by atoms with Crippen molar-refractivity contribution in [3.05, 3.63) is 39.8 Å². The molecule has 2 unspecified atom stereocenters. The number of hydrogen-bond donors (Lipinski definition) is 1. The van der Waals surface area contributed by atoms with E-state index in [9.17, 15) is 4.79 Å². The van der Waals surface area contributed by atoms with Crippen molar-refractivity contribution in [2.45, 2.75) is 79.1 Å². The van der Waals surface area contributed by atoms with Gasteiger partial charge in [0, 0.05) is 16.4 Å². The van der Waals surface area contributed by atoms with Crippen molar-refractivity contribution >= 4 is 33.9 Å². The maximum absolute atomic E-state index is 12.8. The Morgan fingerprint density at radius 1 is 1.29 bits per heavy atom. The Balaban J connectivity index is 1.80. The average molecular weight is 441 g/mol. The summed E-state index contributed by atoms with van der Waals surface area (Å²) < 4.78 is 5.64. The third-order valence-corrected chi connectivity index (χ3v) is 7.14. The third kappa shape index (κ3) is 4.20. The Bertz CT molecular complexity index is 1030. The van der Waals surface area contributed by atoms with Gasteiger partial charge in [-0.2, -0.15) is 5.10 Å². The van der Waals surface area contributed by atoms with Crippen LogP contribution < -0.4 is 10.3 Å². The summed E-state index contributed by atoms with van der Waals surface area (Å²) in [7, 11) is 0. The van der Waals surface area contributed by atoms with E-state index in [-0.39, 0.29) is 30.5 Å². The number of rotatable bonds is 3. The third-order valence-electron chi connectivity index (χ3n) is 5.93. The molecular formula is C24H32N4O2S. The van der Waals surface area contributed by atoms with Gasteiger partial charge in [-0.3, -0.25) is 20.1 Å². The number of esters is 1. The first-order chi connectivity index (χ1) is 14.5. The van der Waals surface area contributed by atoms with Gasteiger partial charge in [0.25, 0.3) is 0 Å². The Morgan fingerprint density at radius 3 is 2.68 bits per heavy atom. The number of carbonyl (C=O) groups is 1. The van der Waals surface area contributed by atoms with Crippen molar-refractivity contribution in [3.8, 4) is 0 Å². The molecule has 3 aliphatic rings. The lowest BCUT2D eigenvalue weighted by Gasteiger charge is -2.28. The van der Waals surface area contributed by atoms with Crippen LogP contribution >= 0.6 is 11.3 Å². The van der Waals surface area contributed by atoms with Crippen LogP contribution in [0.4, 0.5) is 5.00 Å². The van der Waals surface area contributed by atoms with Gasteiger partial charge in [0.2, 0.25) is 0 Å². The smallest absolute Gasteiger partial charge is 0.308 e. The van der Waals surface area contributed by atoms with Gasteiger partial charge in [0.15, 0.2) is 0 Å². The van der Waals surface area contributed by atoms with Crippen LogP contribution in [0.1, 0.15) is 63.5 Å². The zero-order chi connectivity index (χ0) is 22.5. The average Bonchev–Trinajstić information content (AvgIpc) is 3.14. The number of allylic oxidation sites excluding steroid dienone is 4. The van der Waals surface area contributed by atoms with Gasteiger partial charge in [-0.15, -0.1) is 11.3 Å². The summed E-state index contributed by atoms with van der Waals surface area (Å²) in [6.45, 7) is 14.1. The minimum Gasteiger partial charge on any atom is -0.460 e. The summed E-state index contributed by atoms with van der Waals surface area (Å²) in [6.07, 6.45) is 7.60. The number of thiophene rings is 1. The fourth-order valence-corrected chi connectivity index (χ4v) is 5.57. The minimum absolute atomic E-state index is 0.188. The Hall–Kier alpha value is -2.41. The predicted molar refractivity (Wildman–Crippen MR) is 128 cm³/mol. The van der Waals surface area contributed by atoms with Crippen molar-refractivity contribution in [1.82, 2.24) is 5.43 Å². The second-order valence-corrected chi connectivity index (χ2v) is 10.8. The van der Waals surface area contributed by atoms with Crippen LogP contribution in [0.2, 0.25) is 0 Å². The highest BCUT2D eigenvalue weighted by Gasteiger charge is 2.42.